The number of hydrogen-bond acceptors (Lipinski definition) is 8. The molecule has 3 aromatic rings. The first-order valence-corrected chi connectivity index (χ1v) is 14.5. The molecule has 0 unspecified atom stereocenters. The smallest absolute Gasteiger partial charge is 0.411 e. The van der Waals surface area contributed by atoms with Gasteiger partial charge in [0.25, 0.3) is 0 Å². The average molecular weight is 594 g/mol. The number of carbonyl (C=O) groups is 2. The molecule has 1 amide bonds. The molecule has 0 spiro atoms. The number of aromatic nitrogens is 1. The maximum Gasteiger partial charge on any atom is 0.411 e. The zero-order chi connectivity index (χ0) is 30.4. The molecular formula is C32H39N3O6S. The van der Waals surface area contributed by atoms with Crippen molar-refractivity contribution in [3.8, 4) is 22.8 Å². The topological polar surface area (TPSA) is 99.2 Å². The Morgan fingerprint density at radius 2 is 1.86 bits per heavy atom. The third kappa shape index (κ3) is 7.47. The first-order chi connectivity index (χ1) is 20.0. The number of nitrogens with zero attached hydrogens (tertiary/aromatic N) is 2. The van der Waals surface area contributed by atoms with Crippen LogP contribution in [0.4, 0.5) is 4.79 Å². The van der Waals surface area contributed by atoms with Gasteiger partial charge in [0.2, 0.25) is 0 Å². The van der Waals surface area contributed by atoms with E-state index >= 15 is 0 Å². The number of amides is 1. The van der Waals surface area contributed by atoms with E-state index in [9.17, 15) is 9.59 Å². The Labute approximate surface area is 252 Å². The summed E-state index contributed by atoms with van der Waals surface area (Å²) in [5, 5.41) is 3.96. The molecule has 1 fully saturated rings. The molecule has 2 aromatic carbocycles. The van der Waals surface area contributed by atoms with Crippen LogP contribution in [-0.2, 0) is 14.3 Å². The number of fused-ring (bicyclic) bond motifs is 1. The molecule has 2 heterocycles. The van der Waals surface area contributed by atoms with Crippen LogP contribution in [0.15, 0.2) is 54.6 Å². The van der Waals surface area contributed by atoms with E-state index < -0.39 is 35.9 Å². The van der Waals surface area contributed by atoms with Crippen LogP contribution in [0.5, 0.6) is 11.5 Å². The van der Waals surface area contributed by atoms with Gasteiger partial charge in [0.1, 0.15) is 29.2 Å². The third-order valence-electron chi connectivity index (χ3n) is 6.92. The Balaban J connectivity index is 1.67. The van der Waals surface area contributed by atoms with Gasteiger partial charge in [-0.1, -0.05) is 55.9 Å². The first kappa shape index (κ1) is 31.0. The van der Waals surface area contributed by atoms with Crippen molar-refractivity contribution in [3.63, 3.8) is 0 Å². The summed E-state index contributed by atoms with van der Waals surface area (Å²) in [6, 6.07) is 16.3. The standard InChI is InChI=1S/C32H39N3O6S/c1-7-11-24(30(36)39-6)34-29(42)27-17-22(19-35(27)31(37)41-32(2,3)4)40-28-18-25(20-12-9-8-10-13-20)33-26-16-21(38-5)14-15-23(26)28/h8-10,12-16,18,22,24,27H,7,11,17,19H2,1-6H3,(H,34,42)/t22-,24+,27+/m1/s1. The van der Waals surface area contributed by atoms with E-state index in [-0.39, 0.29) is 6.54 Å². The molecule has 0 radical (unpaired) electrons. The van der Waals surface area contributed by atoms with Crippen LogP contribution in [-0.4, -0.2) is 71.5 Å². The molecule has 9 nitrogen and oxygen atoms in total. The Morgan fingerprint density at radius 3 is 2.50 bits per heavy atom. The fraction of sp³-hybridized carbons (Fsp3) is 0.438. The largest absolute Gasteiger partial charge is 0.497 e. The van der Waals surface area contributed by atoms with Crippen molar-refractivity contribution in [1.29, 1.82) is 0 Å². The number of carbonyl (C=O) groups excluding carboxylic acids is 2. The molecule has 4 rings (SSSR count). The van der Waals surface area contributed by atoms with Gasteiger partial charge in [-0.3, -0.25) is 4.90 Å². The quantitative estimate of drug-likeness (QED) is 0.239. The molecule has 3 atom stereocenters. The second-order valence-electron chi connectivity index (χ2n) is 11.3. The Bertz CT molecular complexity index is 1430. The van der Waals surface area contributed by atoms with Gasteiger partial charge in [-0.05, 0) is 39.3 Å². The van der Waals surface area contributed by atoms with Crippen molar-refractivity contribution < 1.29 is 28.5 Å². The third-order valence-corrected chi connectivity index (χ3v) is 7.31. The van der Waals surface area contributed by atoms with Gasteiger partial charge in [0.05, 0.1) is 43.0 Å². The minimum Gasteiger partial charge on any atom is -0.497 e. The second kappa shape index (κ2) is 13.4. The Hall–Kier alpha value is -3.92. The Kier molecular flexibility index (Phi) is 9.88. The normalized spacial score (nSPS) is 17.4. The van der Waals surface area contributed by atoms with Crippen LogP contribution in [0.25, 0.3) is 22.2 Å². The van der Waals surface area contributed by atoms with Gasteiger partial charge in [-0.2, -0.15) is 0 Å². The number of thiocarbonyl (C=S) groups is 1. The molecule has 1 aliphatic rings. The van der Waals surface area contributed by atoms with E-state index in [1.54, 1.807) is 12.0 Å². The molecular weight excluding hydrogens is 554 g/mol. The average Bonchev–Trinajstić information content (AvgIpc) is 3.40. The maximum atomic E-state index is 13.3. The molecule has 1 saturated heterocycles. The van der Waals surface area contributed by atoms with E-state index in [0.29, 0.717) is 29.3 Å². The van der Waals surface area contributed by atoms with Crippen molar-refractivity contribution in [1.82, 2.24) is 15.2 Å². The highest BCUT2D eigenvalue weighted by atomic mass is 32.1. The summed E-state index contributed by atoms with van der Waals surface area (Å²) in [7, 11) is 2.96. The summed E-state index contributed by atoms with van der Waals surface area (Å²) in [5.41, 5.74) is 1.73. The molecule has 1 aromatic heterocycles. The molecule has 1 aliphatic heterocycles. The van der Waals surface area contributed by atoms with Crippen LogP contribution in [0, 0.1) is 0 Å². The van der Waals surface area contributed by atoms with E-state index in [0.717, 1.165) is 28.6 Å². The van der Waals surface area contributed by atoms with Crippen LogP contribution in [0.3, 0.4) is 0 Å². The van der Waals surface area contributed by atoms with Gasteiger partial charge in [-0.25, -0.2) is 14.6 Å². The summed E-state index contributed by atoms with van der Waals surface area (Å²) >= 11 is 5.77. The summed E-state index contributed by atoms with van der Waals surface area (Å²) in [6.07, 6.45) is 0.806. The van der Waals surface area contributed by atoms with Gasteiger partial charge in [-0.15, -0.1) is 0 Å². The zero-order valence-corrected chi connectivity index (χ0v) is 25.8. The number of hydrogen-bond donors (Lipinski definition) is 1. The number of pyridine rings is 1. The molecule has 0 aliphatic carbocycles. The number of likely N-dealkylation sites (tertiary alicyclic amines) is 1. The highest BCUT2D eigenvalue weighted by molar-refractivity contribution is 7.80. The van der Waals surface area contributed by atoms with Crippen LogP contribution >= 0.6 is 12.2 Å². The highest BCUT2D eigenvalue weighted by Gasteiger charge is 2.42. The number of esters is 1. The van der Waals surface area contributed by atoms with Crippen LogP contribution in [0.1, 0.15) is 47.0 Å². The second-order valence-corrected chi connectivity index (χ2v) is 11.7. The summed E-state index contributed by atoms with van der Waals surface area (Å²) in [5.74, 6) is 0.918. The number of nitrogens with one attached hydrogen (secondary N) is 1. The van der Waals surface area contributed by atoms with Crippen molar-refractivity contribution in [2.24, 2.45) is 0 Å². The maximum absolute atomic E-state index is 13.3. The summed E-state index contributed by atoms with van der Waals surface area (Å²) < 4.78 is 22.8. The SMILES string of the molecule is CCC[C@H](NC(=S)[C@@H]1C[C@@H](Oc2cc(-c3ccccc3)nc3cc(OC)ccc23)CN1C(=O)OC(C)(C)C)C(=O)OC. The molecule has 224 valence electrons. The highest BCUT2D eigenvalue weighted by Crippen LogP contribution is 2.35. The fourth-order valence-electron chi connectivity index (χ4n) is 4.94. The number of methoxy groups -OCH3 is 2. The fourth-order valence-corrected chi connectivity index (χ4v) is 5.30. The van der Waals surface area contributed by atoms with E-state index in [1.165, 1.54) is 7.11 Å². The molecule has 0 saturated carbocycles. The van der Waals surface area contributed by atoms with Gasteiger partial charge in [0, 0.05) is 29.5 Å². The predicted octanol–water partition coefficient (Wildman–Crippen LogP) is 5.93. The lowest BCUT2D eigenvalue weighted by atomic mass is 10.1. The van der Waals surface area contributed by atoms with E-state index in [4.69, 9.17) is 36.1 Å². The minimum atomic E-state index is -0.697. The monoisotopic (exact) mass is 593 g/mol. The molecule has 1 N–H and O–H groups in total. The van der Waals surface area contributed by atoms with Gasteiger partial charge in [0.15, 0.2) is 0 Å². The number of rotatable bonds is 9. The minimum absolute atomic E-state index is 0.249. The zero-order valence-electron chi connectivity index (χ0n) is 25.0. The Morgan fingerprint density at radius 1 is 1.12 bits per heavy atom. The number of benzene rings is 2. The van der Waals surface area contributed by atoms with Crippen molar-refractivity contribution in [2.75, 3.05) is 20.8 Å². The lowest BCUT2D eigenvalue weighted by molar-refractivity contribution is -0.142. The summed E-state index contributed by atoms with van der Waals surface area (Å²) in [6.45, 7) is 7.68. The first-order valence-electron chi connectivity index (χ1n) is 14.1. The van der Waals surface area contributed by atoms with Crippen LogP contribution in [0.2, 0.25) is 0 Å². The number of ether oxygens (including phenoxy) is 4. The lowest BCUT2D eigenvalue weighted by Crippen LogP contribution is -2.51. The van der Waals surface area contributed by atoms with E-state index in [1.807, 2.05) is 82.3 Å². The molecule has 42 heavy (non-hydrogen) atoms. The summed E-state index contributed by atoms with van der Waals surface area (Å²) in [4.78, 5) is 32.6. The predicted molar refractivity (Wildman–Crippen MR) is 166 cm³/mol. The lowest BCUT2D eigenvalue weighted by Gasteiger charge is -2.30. The molecule has 0 bridgehead atoms. The van der Waals surface area contributed by atoms with Crippen LogP contribution < -0.4 is 14.8 Å². The molecule has 10 heteroatoms. The van der Waals surface area contributed by atoms with Crippen molar-refractivity contribution >= 4 is 40.2 Å². The van der Waals surface area contributed by atoms with Gasteiger partial charge >= 0.3 is 12.1 Å². The van der Waals surface area contributed by atoms with Crippen molar-refractivity contribution in [2.45, 2.75) is 70.7 Å². The van der Waals surface area contributed by atoms with Crippen molar-refractivity contribution in [3.05, 3.63) is 54.6 Å². The van der Waals surface area contributed by atoms with Gasteiger partial charge < -0.3 is 24.3 Å². The van der Waals surface area contributed by atoms with E-state index in [2.05, 4.69) is 5.32 Å².